The predicted octanol–water partition coefficient (Wildman–Crippen LogP) is 3.15. The summed E-state index contributed by atoms with van der Waals surface area (Å²) in [6.07, 6.45) is 0. The van der Waals surface area contributed by atoms with E-state index < -0.39 is 37.1 Å². The van der Waals surface area contributed by atoms with E-state index in [9.17, 15) is 33.9 Å². The van der Waals surface area contributed by atoms with Crippen molar-refractivity contribution in [2.45, 2.75) is 4.90 Å². The Morgan fingerprint density at radius 1 is 0.897 bits per heavy atom. The third-order valence-electron chi connectivity index (χ3n) is 3.79. The van der Waals surface area contributed by atoms with Gasteiger partial charge in [-0.2, -0.15) is 8.42 Å². The number of nitro benzene ring substituents is 1. The number of azo groups is 1. The summed E-state index contributed by atoms with van der Waals surface area (Å²) in [7, 11) is -4.82. The van der Waals surface area contributed by atoms with Gasteiger partial charge in [-0.05, 0) is 24.3 Å². The van der Waals surface area contributed by atoms with Gasteiger partial charge < -0.3 is 15.3 Å². The van der Waals surface area contributed by atoms with E-state index in [0.717, 1.165) is 0 Å². The third-order valence-corrected chi connectivity index (χ3v) is 4.62. The van der Waals surface area contributed by atoms with Crippen LogP contribution in [-0.4, -0.2) is 62.8 Å². The monoisotopic (exact) mass is 428 g/mol. The van der Waals surface area contributed by atoms with Crippen molar-refractivity contribution in [3.8, 4) is 17.2 Å². The number of rotatable bonds is 4. The first-order valence-corrected chi connectivity index (χ1v) is 8.88. The second kappa shape index (κ2) is 8.31. The van der Waals surface area contributed by atoms with Gasteiger partial charge in [-0.15, -0.1) is 10.2 Å². The minimum Gasteiger partial charge on any atom is -0.507 e. The zero-order valence-electron chi connectivity index (χ0n) is 14.7. The molecule has 29 heavy (non-hydrogen) atoms. The van der Waals surface area contributed by atoms with Gasteiger partial charge in [-0.3, -0.25) is 14.7 Å². The summed E-state index contributed by atoms with van der Waals surface area (Å²) in [6, 6.07) is 8.30. The molecule has 1 radical (unpaired) electrons. The van der Waals surface area contributed by atoms with E-state index in [1.807, 2.05) is 0 Å². The summed E-state index contributed by atoms with van der Waals surface area (Å²) in [5, 5.41) is 48.8. The fourth-order valence-corrected chi connectivity index (χ4v) is 2.97. The van der Waals surface area contributed by atoms with Crippen LogP contribution in [0.5, 0.6) is 17.2 Å². The number of aromatic hydroxyl groups is 3. The maximum absolute atomic E-state index is 11.3. The average molecular weight is 428 g/mol. The van der Waals surface area contributed by atoms with E-state index in [1.165, 1.54) is 30.3 Å². The molecule has 0 heterocycles. The molecule has 3 rings (SSSR count). The molecule has 0 amide bonds. The summed E-state index contributed by atoms with van der Waals surface area (Å²) < 4.78 is 31.7. The summed E-state index contributed by atoms with van der Waals surface area (Å²) in [6.45, 7) is 0. The van der Waals surface area contributed by atoms with E-state index >= 15 is 0 Å². The van der Waals surface area contributed by atoms with Crippen LogP contribution in [-0.2, 0) is 10.1 Å². The minimum absolute atomic E-state index is 0. The maximum atomic E-state index is 11.3. The van der Waals surface area contributed by atoms with Crippen molar-refractivity contribution in [3.63, 3.8) is 0 Å². The fraction of sp³-hybridized carbons (Fsp3) is 0. The molecule has 0 unspecified atom stereocenters. The summed E-state index contributed by atoms with van der Waals surface area (Å²) >= 11 is 0. The first-order chi connectivity index (χ1) is 13.1. The molecular formula is C16H11N3NaO8S. The Kier molecular flexibility index (Phi) is 6.45. The van der Waals surface area contributed by atoms with Crippen LogP contribution < -0.4 is 0 Å². The van der Waals surface area contributed by atoms with Crippen molar-refractivity contribution in [2.75, 3.05) is 0 Å². The number of benzene rings is 3. The van der Waals surface area contributed by atoms with E-state index in [1.54, 1.807) is 0 Å². The Labute approximate surface area is 185 Å². The molecule has 0 spiro atoms. The number of phenols is 3. The van der Waals surface area contributed by atoms with Crippen LogP contribution in [0.2, 0.25) is 0 Å². The van der Waals surface area contributed by atoms with Gasteiger partial charge in [0.15, 0.2) is 5.75 Å². The maximum Gasteiger partial charge on any atom is 0.314 e. The van der Waals surface area contributed by atoms with Crippen molar-refractivity contribution in [3.05, 3.63) is 52.6 Å². The third kappa shape index (κ3) is 4.46. The number of hydrogen-bond acceptors (Lipinski definition) is 9. The molecule has 0 saturated heterocycles. The molecule has 3 aromatic carbocycles. The Morgan fingerprint density at radius 3 is 2.17 bits per heavy atom. The molecule has 0 bridgehead atoms. The Morgan fingerprint density at radius 2 is 1.55 bits per heavy atom. The standard InChI is InChI=1S/C16H11N3O8S.Na/c20-14-3-1-2-10-9(14)4-5-11(15(10)21)17-18-12-6-8(28(25,26)27)7-13(16(12)22)19(23)24;/h1-7,20-22H,(H,25,26,27);. The van der Waals surface area contributed by atoms with Gasteiger partial charge in [-0.1, -0.05) is 12.1 Å². The Bertz CT molecular complexity index is 1260. The van der Waals surface area contributed by atoms with Crippen LogP contribution in [0, 0.1) is 10.1 Å². The van der Waals surface area contributed by atoms with Gasteiger partial charge in [0.2, 0.25) is 5.75 Å². The van der Waals surface area contributed by atoms with E-state index in [0.29, 0.717) is 17.5 Å². The van der Waals surface area contributed by atoms with Crippen molar-refractivity contribution >= 4 is 67.5 Å². The van der Waals surface area contributed by atoms with Gasteiger partial charge in [0.25, 0.3) is 10.1 Å². The van der Waals surface area contributed by atoms with E-state index in [2.05, 4.69) is 10.2 Å². The van der Waals surface area contributed by atoms with Crippen molar-refractivity contribution < 1.29 is 33.2 Å². The minimum atomic E-state index is -4.82. The number of fused-ring (bicyclic) bond motifs is 1. The molecule has 0 aromatic heterocycles. The average Bonchev–Trinajstić information content (AvgIpc) is 2.61. The fourth-order valence-electron chi connectivity index (χ4n) is 2.45. The van der Waals surface area contributed by atoms with Crippen molar-refractivity contribution in [1.29, 1.82) is 0 Å². The molecule has 4 N–H and O–H groups in total. The summed E-state index contributed by atoms with van der Waals surface area (Å²) in [5.74, 6) is -1.42. The quantitative estimate of drug-likeness (QED) is 0.161. The Hall–Kier alpha value is -2.77. The molecule has 13 heteroatoms. The van der Waals surface area contributed by atoms with E-state index in [-0.39, 0.29) is 52.1 Å². The largest absolute Gasteiger partial charge is 0.507 e. The molecule has 0 aliphatic rings. The van der Waals surface area contributed by atoms with Gasteiger partial charge in [0.1, 0.15) is 22.0 Å². The molecular weight excluding hydrogens is 417 g/mol. The van der Waals surface area contributed by atoms with Crippen LogP contribution in [0.1, 0.15) is 0 Å². The number of nitro groups is 1. The first kappa shape index (κ1) is 22.5. The second-order valence-corrected chi connectivity index (χ2v) is 6.97. The molecule has 11 nitrogen and oxygen atoms in total. The molecule has 0 aliphatic heterocycles. The molecule has 145 valence electrons. The van der Waals surface area contributed by atoms with Crippen LogP contribution in [0.15, 0.2) is 57.6 Å². The second-order valence-electron chi connectivity index (χ2n) is 5.55. The molecule has 3 aromatic rings. The van der Waals surface area contributed by atoms with E-state index in [4.69, 9.17) is 4.55 Å². The van der Waals surface area contributed by atoms with Gasteiger partial charge in [0, 0.05) is 46.4 Å². The molecule has 0 fully saturated rings. The molecule has 0 aliphatic carbocycles. The number of nitrogens with zero attached hydrogens (tertiary/aromatic N) is 3. The zero-order chi connectivity index (χ0) is 20.6. The van der Waals surface area contributed by atoms with Crippen molar-refractivity contribution in [1.82, 2.24) is 0 Å². The van der Waals surface area contributed by atoms with Crippen LogP contribution in [0.3, 0.4) is 0 Å². The zero-order valence-corrected chi connectivity index (χ0v) is 17.5. The smallest absolute Gasteiger partial charge is 0.314 e. The predicted molar refractivity (Wildman–Crippen MR) is 102 cm³/mol. The molecule has 0 atom stereocenters. The Balaban J connectivity index is 0.00000300. The SMILES string of the molecule is O=[N+]([O-])c1cc(S(=O)(=O)O)cc(N=Nc2ccc3c(O)cccc3c2O)c1O.[Na]. The number of phenolic OH excluding ortho intramolecular Hbond substituents is 3. The van der Waals surface area contributed by atoms with Gasteiger partial charge in [-0.25, -0.2) is 0 Å². The van der Waals surface area contributed by atoms with Gasteiger partial charge in [0.05, 0.1) is 4.92 Å². The summed E-state index contributed by atoms with van der Waals surface area (Å²) in [5.41, 5.74) is -1.73. The first-order valence-electron chi connectivity index (χ1n) is 7.44. The number of hydrogen-bond donors (Lipinski definition) is 4. The normalized spacial score (nSPS) is 11.5. The van der Waals surface area contributed by atoms with Gasteiger partial charge >= 0.3 is 5.69 Å². The van der Waals surface area contributed by atoms with Crippen LogP contribution in [0.4, 0.5) is 17.1 Å². The summed E-state index contributed by atoms with van der Waals surface area (Å²) in [4.78, 5) is 9.07. The van der Waals surface area contributed by atoms with Crippen LogP contribution in [0.25, 0.3) is 10.8 Å². The van der Waals surface area contributed by atoms with Crippen LogP contribution >= 0.6 is 0 Å². The van der Waals surface area contributed by atoms with Crippen molar-refractivity contribution in [2.24, 2.45) is 10.2 Å². The topological polar surface area (TPSA) is 183 Å². The molecule has 0 saturated carbocycles.